The van der Waals surface area contributed by atoms with Crippen molar-refractivity contribution in [3.63, 3.8) is 0 Å². The lowest BCUT2D eigenvalue weighted by atomic mass is 10.1. The Morgan fingerprint density at radius 1 is 0.462 bits per heavy atom. The monoisotopic (exact) mass is 900 g/mol. The molecule has 16 nitrogen and oxygen atoms in total. The molecule has 9 aromatic carbocycles. The highest BCUT2D eigenvalue weighted by atomic mass is 32.2. The first-order valence-electron chi connectivity index (χ1n) is 19.4. The van der Waals surface area contributed by atoms with Crippen molar-refractivity contribution in [3.8, 4) is 5.75 Å². The average molecular weight is 901 g/mol. The maximum Gasteiger partial charge on any atom is 0.294 e. The van der Waals surface area contributed by atoms with Crippen LogP contribution in [-0.2, 0) is 20.2 Å². The topological polar surface area (TPSA) is 258 Å². The third-order valence-electron chi connectivity index (χ3n) is 10.4. The minimum Gasteiger partial charge on any atom is -0.505 e. The van der Waals surface area contributed by atoms with Gasteiger partial charge in [-0.1, -0.05) is 48.5 Å². The number of anilines is 2. The van der Waals surface area contributed by atoms with Gasteiger partial charge in [-0.2, -0.15) is 21.9 Å². The average Bonchev–Trinajstić information content (AvgIpc) is 3.29. The van der Waals surface area contributed by atoms with Gasteiger partial charge >= 0.3 is 0 Å². The van der Waals surface area contributed by atoms with Gasteiger partial charge in [0.2, 0.25) is 0 Å². The summed E-state index contributed by atoms with van der Waals surface area (Å²) in [5.41, 5.74) is 8.78. The van der Waals surface area contributed by atoms with Gasteiger partial charge in [0.05, 0.1) is 38.2 Å². The Bertz CT molecular complexity index is 3750. The van der Waals surface area contributed by atoms with E-state index >= 15 is 0 Å². The molecule has 0 spiro atoms. The summed E-state index contributed by atoms with van der Waals surface area (Å²) in [7, 11) is -9.29. The summed E-state index contributed by atoms with van der Waals surface area (Å²) in [6.45, 7) is 0. The third-order valence-corrected chi connectivity index (χ3v) is 12.1. The predicted octanol–water partition coefficient (Wildman–Crippen LogP) is 12.6. The first-order valence-corrected chi connectivity index (χ1v) is 22.3. The maximum absolute atomic E-state index is 12.8. The van der Waals surface area contributed by atoms with E-state index in [4.69, 9.17) is 5.73 Å². The van der Waals surface area contributed by atoms with Crippen LogP contribution >= 0.6 is 0 Å². The zero-order valence-corrected chi connectivity index (χ0v) is 35.1. The SMILES string of the molecule is Nc1ccc(C(=O)Nc2ccc3c(O)c(N=Nc4ccc(N=Nc5ccc(N=Nc6ccc7ccccc7c6)c6ccc(S(=O)(=O)O)cc56)c5ccc(S(=O)(=O)O)cc45)ccc3c2)cc1. The van der Waals surface area contributed by atoms with Crippen molar-refractivity contribution in [1.29, 1.82) is 0 Å². The number of hydrogen-bond acceptors (Lipinski definition) is 13. The molecule has 0 unspecified atom stereocenters. The minimum absolute atomic E-state index is 0.0791. The number of rotatable bonds is 10. The number of nitrogen functional groups attached to an aromatic ring is 1. The molecule has 0 aliphatic heterocycles. The van der Waals surface area contributed by atoms with E-state index in [1.54, 1.807) is 66.7 Å². The van der Waals surface area contributed by atoms with E-state index in [1.165, 1.54) is 48.5 Å². The number of carbonyl (C=O) groups is 1. The van der Waals surface area contributed by atoms with Crippen LogP contribution in [0.3, 0.4) is 0 Å². The van der Waals surface area contributed by atoms with Crippen LogP contribution in [0.1, 0.15) is 10.4 Å². The van der Waals surface area contributed by atoms with E-state index < -0.39 is 25.1 Å². The lowest BCUT2D eigenvalue weighted by Crippen LogP contribution is -2.11. The number of phenols is 1. The summed E-state index contributed by atoms with van der Waals surface area (Å²) in [6.07, 6.45) is 0. The van der Waals surface area contributed by atoms with Crippen LogP contribution in [-0.4, -0.2) is 37.0 Å². The second-order valence-electron chi connectivity index (χ2n) is 14.6. The molecule has 320 valence electrons. The fraction of sp³-hybridized carbons (Fsp3) is 0. The Morgan fingerprint density at radius 3 is 1.54 bits per heavy atom. The summed E-state index contributed by atoms with van der Waals surface area (Å²) in [5.74, 6) is -0.550. The van der Waals surface area contributed by atoms with Gasteiger partial charge in [0, 0.05) is 43.9 Å². The Balaban J connectivity index is 1.05. The lowest BCUT2D eigenvalue weighted by Gasteiger charge is -2.09. The van der Waals surface area contributed by atoms with Crippen LogP contribution < -0.4 is 11.1 Å². The number of hydrogen-bond donors (Lipinski definition) is 5. The second kappa shape index (κ2) is 16.8. The number of nitrogens with zero attached hydrogens (tertiary/aromatic N) is 6. The van der Waals surface area contributed by atoms with E-state index in [9.17, 15) is 35.8 Å². The Labute approximate surface area is 369 Å². The van der Waals surface area contributed by atoms with E-state index in [0.717, 1.165) is 10.8 Å². The molecule has 65 heavy (non-hydrogen) atoms. The molecule has 0 atom stereocenters. The van der Waals surface area contributed by atoms with Crippen molar-refractivity contribution < 1.29 is 35.8 Å². The van der Waals surface area contributed by atoms with Crippen molar-refractivity contribution in [2.24, 2.45) is 30.7 Å². The molecule has 9 rings (SSSR count). The van der Waals surface area contributed by atoms with Gasteiger partial charge in [-0.05, 0) is 125 Å². The molecule has 0 aliphatic rings. The van der Waals surface area contributed by atoms with Gasteiger partial charge in [-0.3, -0.25) is 13.9 Å². The normalized spacial score (nSPS) is 12.4. The first-order chi connectivity index (χ1) is 31.2. The molecule has 0 bridgehead atoms. The van der Waals surface area contributed by atoms with Gasteiger partial charge in [-0.25, -0.2) is 0 Å². The minimum atomic E-state index is -4.67. The standard InChI is InChI=1S/C47H32N8O8S2/c48-31-9-5-28(6-10-31)47(57)49-32-12-15-36-30(24-32)8-18-45(46(36)56)55-54-44-22-20-42(38-17-14-35(26-40(38)44)65(61,62)63)52-53-43-21-19-41(37-16-13-34(25-39(37)43)64(58,59)60)51-50-33-11-7-27-3-1-2-4-29(27)23-33/h1-26,56H,48H2,(H,49,57)(H,58,59,60)(H,61,62,63). The van der Waals surface area contributed by atoms with Crippen molar-refractivity contribution in [1.82, 2.24) is 0 Å². The highest BCUT2D eigenvalue weighted by Crippen LogP contribution is 2.41. The predicted molar refractivity (Wildman–Crippen MR) is 248 cm³/mol. The fourth-order valence-corrected chi connectivity index (χ4v) is 8.14. The first kappa shape index (κ1) is 42.0. The van der Waals surface area contributed by atoms with Gasteiger partial charge < -0.3 is 16.2 Å². The van der Waals surface area contributed by atoms with Gasteiger partial charge in [0.15, 0.2) is 5.75 Å². The van der Waals surface area contributed by atoms with Crippen LogP contribution in [0.15, 0.2) is 198 Å². The molecule has 1 amide bonds. The Kier molecular flexibility index (Phi) is 10.8. The van der Waals surface area contributed by atoms with E-state index in [0.29, 0.717) is 49.9 Å². The summed E-state index contributed by atoms with van der Waals surface area (Å²) >= 11 is 0. The zero-order chi connectivity index (χ0) is 45.5. The van der Waals surface area contributed by atoms with Gasteiger partial charge in [0.1, 0.15) is 5.69 Å². The number of phenolic OH excluding ortho intramolecular Hbond substituents is 1. The fourth-order valence-electron chi connectivity index (χ4n) is 7.13. The summed E-state index contributed by atoms with van der Waals surface area (Å²) < 4.78 is 68.8. The molecule has 0 fully saturated rings. The van der Waals surface area contributed by atoms with Crippen LogP contribution in [0.5, 0.6) is 5.75 Å². The molecule has 18 heteroatoms. The van der Waals surface area contributed by atoms with E-state index in [1.807, 2.05) is 42.5 Å². The maximum atomic E-state index is 12.8. The smallest absolute Gasteiger partial charge is 0.294 e. The number of carbonyl (C=O) groups excluding carboxylic acids is 1. The molecule has 0 heterocycles. The van der Waals surface area contributed by atoms with Crippen molar-refractivity contribution >= 4 is 115 Å². The molecule has 0 radical (unpaired) electrons. The molecule has 0 aliphatic carbocycles. The van der Waals surface area contributed by atoms with Crippen molar-refractivity contribution in [3.05, 3.63) is 163 Å². The number of nitrogens with one attached hydrogen (secondary N) is 1. The quantitative estimate of drug-likeness (QED) is 0.0496. The highest BCUT2D eigenvalue weighted by Gasteiger charge is 2.17. The Morgan fingerprint density at radius 2 is 0.954 bits per heavy atom. The Hall–Kier alpha value is -8.29. The summed E-state index contributed by atoms with van der Waals surface area (Å²) in [6, 6.07) is 42.0. The molecule has 0 aromatic heterocycles. The summed E-state index contributed by atoms with van der Waals surface area (Å²) in [5, 5.41) is 44.7. The molecular formula is C47H32N8O8S2. The summed E-state index contributed by atoms with van der Waals surface area (Å²) in [4.78, 5) is 11.9. The van der Waals surface area contributed by atoms with Crippen LogP contribution in [0, 0.1) is 0 Å². The largest absolute Gasteiger partial charge is 0.505 e. The molecule has 9 aromatic rings. The number of azo groups is 3. The number of benzene rings is 9. The number of aromatic hydroxyl groups is 1. The lowest BCUT2D eigenvalue weighted by molar-refractivity contribution is 0.102. The van der Waals surface area contributed by atoms with Crippen LogP contribution in [0.4, 0.5) is 45.5 Å². The van der Waals surface area contributed by atoms with Crippen molar-refractivity contribution in [2.75, 3.05) is 11.1 Å². The van der Waals surface area contributed by atoms with E-state index in [2.05, 4.69) is 36.0 Å². The van der Waals surface area contributed by atoms with Gasteiger partial charge in [0.25, 0.3) is 26.1 Å². The van der Waals surface area contributed by atoms with Crippen LogP contribution in [0.25, 0.3) is 43.1 Å². The molecule has 6 N–H and O–H groups in total. The second-order valence-corrected chi connectivity index (χ2v) is 17.5. The number of fused-ring (bicyclic) bond motifs is 4. The zero-order valence-electron chi connectivity index (χ0n) is 33.5. The van der Waals surface area contributed by atoms with Crippen molar-refractivity contribution in [2.45, 2.75) is 9.79 Å². The number of nitrogens with two attached hydrogens (primary N) is 1. The van der Waals surface area contributed by atoms with Crippen LogP contribution in [0.2, 0.25) is 0 Å². The van der Waals surface area contributed by atoms with Gasteiger partial charge in [-0.15, -0.1) is 25.6 Å². The number of amides is 1. The van der Waals surface area contributed by atoms with E-state index in [-0.39, 0.29) is 50.1 Å². The molecule has 0 saturated heterocycles. The molecule has 0 saturated carbocycles. The highest BCUT2D eigenvalue weighted by molar-refractivity contribution is 7.86. The molecular weight excluding hydrogens is 869 g/mol. The third kappa shape index (κ3) is 8.86.